The van der Waals surface area contributed by atoms with Gasteiger partial charge in [-0.05, 0) is 36.7 Å². The number of hydrogen-bond acceptors (Lipinski definition) is 4. The van der Waals surface area contributed by atoms with Crippen molar-refractivity contribution in [1.82, 2.24) is 10.3 Å². The highest BCUT2D eigenvalue weighted by molar-refractivity contribution is 7.16. The molecule has 0 aliphatic rings. The summed E-state index contributed by atoms with van der Waals surface area (Å²) in [7, 11) is 0. The number of rotatable bonds is 7. The molecule has 0 spiro atoms. The molecule has 0 aliphatic heterocycles. The van der Waals surface area contributed by atoms with Gasteiger partial charge in [-0.25, -0.2) is 0 Å². The van der Waals surface area contributed by atoms with Crippen LogP contribution in [0.2, 0.25) is 4.34 Å². The summed E-state index contributed by atoms with van der Waals surface area (Å²) < 4.78 is 6.45. The Morgan fingerprint density at radius 2 is 2.20 bits per heavy atom. The summed E-state index contributed by atoms with van der Waals surface area (Å²) in [5.41, 5.74) is 1.10. The largest absolute Gasteiger partial charge is 0.492 e. The molecule has 2 rings (SSSR count). The lowest BCUT2D eigenvalue weighted by molar-refractivity contribution is 0.315. The lowest BCUT2D eigenvalue weighted by atomic mass is 10.1. The van der Waals surface area contributed by atoms with Crippen LogP contribution in [0.1, 0.15) is 36.8 Å². The summed E-state index contributed by atoms with van der Waals surface area (Å²) in [6.07, 6.45) is 4.62. The van der Waals surface area contributed by atoms with Gasteiger partial charge in [0.05, 0.1) is 23.2 Å². The molecule has 1 unspecified atom stereocenters. The molecule has 0 aromatic carbocycles. The Labute approximate surface area is 129 Å². The summed E-state index contributed by atoms with van der Waals surface area (Å²) in [5, 5.41) is 3.47. The molecule has 1 atom stereocenters. The standard InChI is InChI=1S/C15H19ClN2OS/c1-3-7-19-12-8-11(9-17-10-12)15(18-4-2)13-5-6-14(16)20-13/h5-6,8-10,15,18H,3-4,7H2,1-2H3. The minimum atomic E-state index is 0.107. The minimum Gasteiger partial charge on any atom is -0.492 e. The molecule has 2 aromatic heterocycles. The lowest BCUT2D eigenvalue weighted by Gasteiger charge is -2.17. The first-order valence-corrected chi connectivity index (χ1v) is 8.00. The van der Waals surface area contributed by atoms with Crippen LogP contribution >= 0.6 is 22.9 Å². The minimum absolute atomic E-state index is 0.107. The number of thiophene rings is 1. The molecule has 0 fully saturated rings. The highest BCUT2D eigenvalue weighted by Gasteiger charge is 2.16. The molecule has 0 bridgehead atoms. The van der Waals surface area contributed by atoms with Crippen molar-refractivity contribution < 1.29 is 4.74 Å². The maximum Gasteiger partial charge on any atom is 0.137 e. The summed E-state index contributed by atoms with van der Waals surface area (Å²) >= 11 is 7.63. The lowest BCUT2D eigenvalue weighted by Crippen LogP contribution is -2.21. The van der Waals surface area contributed by atoms with E-state index in [2.05, 4.69) is 30.2 Å². The molecule has 108 valence electrons. The van der Waals surface area contributed by atoms with Gasteiger partial charge in [0.2, 0.25) is 0 Å². The molecule has 0 radical (unpaired) electrons. The maximum absolute atomic E-state index is 6.04. The average molecular weight is 311 g/mol. The van der Waals surface area contributed by atoms with E-state index in [1.165, 1.54) is 4.88 Å². The Morgan fingerprint density at radius 3 is 2.85 bits per heavy atom. The average Bonchev–Trinajstić information content (AvgIpc) is 2.89. The monoisotopic (exact) mass is 310 g/mol. The molecular weight excluding hydrogens is 292 g/mol. The van der Waals surface area contributed by atoms with Crippen molar-refractivity contribution in [2.24, 2.45) is 0 Å². The van der Waals surface area contributed by atoms with Crippen molar-refractivity contribution in [1.29, 1.82) is 0 Å². The van der Waals surface area contributed by atoms with Crippen LogP contribution in [0.15, 0.2) is 30.6 Å². The first-order valence-electron chi connectivity index (χ1n) is 6.81. The van der Waals surface area contributed by atoms with Crippen LogP contribution in [0.25, 0.3) is 0 Å². The van der Waals surface area contributed by atoms with Gasteiger partial charge in [-0.2, -0.15) is 0 Å². The van der Waals surface area contributed by atoms with Crippen LogP contribution in [0.4, 0.5) is 0 Å². The summed E-state index contributed by atoms with van der Waals surface area (Å²) in [6, 6.07) is 6.13. The number of nitrogens with one attached hydrogen (secondary N) is 1. The van der Waals surface area contributed by atoms with E-state index < -0.39 is 0 Å². The van der Waals surface area contributed by atoms with Crippen molar-refractivity contribution in [3.63, 3.8) is 0 Å². The zero-order valence-corrected chi connectivity index (χ0v) is 13.3. The molecule has 2 aromatic rings. The smallest absolute Gasteiger partial charge is 0.137 e. The third-order valence-corrected chi connectivity index (χ3v) is 4.12. The summed E-state index contributed by atoms with van der Waals surface area (Å²) in [4.78, 5) is 5.47. The highest BCUT2D eigenvalue weighted by Crippen LogP contribution is 2.31. The third kappa shape index (κ3) is 3.95. The van der Waals surface area contributed by atoms with Crippen molar-refractivity contribution in [2.75, 3.05) is 13.2 Å². The van der Waals surface area contributed by atoms with E-state index in [0.29, 0.717) is 6.61 Å². The molecule has 20 heavy (non-hydrogen) atoms. The van der Waals surface area contributed by atoms with Gasteiger partial charge in [-0.3, -0.25) is 4.98 Å². The molecule has 0 saturated carbocycles. The molecule has 1 N–H and O–H groups in total. The first kappa shape index (κ1) is 15.3. The predicted octanol–water partition coefficient (Wildman–Crippen LogP) is 4.28. The second kappa shape index (κ2) is 7.62. The molecule has 5 heteroatoms. The van der Waals surface area contributed by atoms with Crippen molar-refractivity contribution in [3.05, 3.63) is 45.4 Å². The van der Waals surface area contributed by atoms with Gasteiger partial charge >= 0.3 is 0 Å². The second-order valence-corrected chi connectivity index (χ2v) is 6.18. The van der Waals surface area contributed by atoms with Crippen molar-refractivity contribution in [2.45, 2.75) is 26.3 Å². The third-order valence-electron chi connectivity index (χ3n) is 2.83. The van der Waals surface area contributed by atoms with Gasteiger partial charge in [-0.15, -0.1) is 11.3 Å². The van der Waals surface area contributed by atoms with Gasteiger partial charge in [0.15, 0.2) is 0 Å². The number of nitrogens with zero attached hydrogens (tertiary/aromatic N) is 1. The zero-order chi connectivity index (χ0) is 14.4. The summed E-state index contributed by atoms with van der Waals surface area (Å²) in [6.45, 7) is 5.77. The van der Waals surface area contributed by atoms with Gasteiger partial charge in [0.25, 0.3) is 0 Å². The van der Waals surface area contributed by atoms with Gasteiger partial charge in [0.1, 0.15) is 5.75 Å². The van der Waals surface area contributed by atoms with Gasteiger partial charge < -0.3 is 10.1 Å². The summed E-state index contributed by atoms with van der Waals surface area (Å²) in [5.74, 6) is 0.815. The van der Waals surface area contributed by atoms with E-state index in [4.69, 9.17) is 16.3 Å². The Morgan fingerprint density at radius 1 is 1.35 bits per heavy atom. The maximum atomic E-state index is 6.04. The fourth-order valence-electron chi connectivity index (χ4n) is 1.96. The number of hydrogen-bond donors (Lipinski definition) is 1. The second-order valence-electron chi connectivity index (χ2n) is 4.44. The highest BCUT2D eigenvalue weighted by atomic mass is 35.5. The normalized spacial score (nSPS) is 12.3. The van der Waals surface area contributed by atoms with Crippen LogP contribution in [0, 0.1) is 0 Å². The number of aromatic nitrogens is 1. The van der Waals surface area contributed by atoms with E-state index in [9.17, 15) is 0 Å². The molecular formula is C15H19ClN2OS. The predicted molar refractivity (Wildman–Crippen MR) is 84.9 cm³/mol. The van der Waals surface area contributed by atoms with E-state index in [-0.39, 0.29) is 6.04 Å². The quantitative estimate of drug-likeness (QED) is 0.828. The zero-order valence-electron chi connectivity index (χ0n) is 11.7. The van der Waals surface area contributed by atoms with E-state index in [0.717, 1.165) is 28.6 Å². The fraction of sp³-hybridized carbons (Fsp3) is 0.400. The SMILES string of the molecule is CCCOc1cncc(C(NCC)c2ccc(Cl)s2)c1. The first-order chi connectivity index (χ1) is 9.74. The van der Waals surface area contributed by atoms with Crippen molar-refractivity contribution in [3.8, 4) is 5.75 Å². The number of pyridine rings is 1. The van der Waals surface area contributed by atoms with E-state index in [1.54, 1.807) is 17.5 Å². The van der Waals surface area contributed by atoms with Crippen molar-refractivity contribution >= 4 is 22.9 Å². The fourth-order valence-corrected chi connectivity index (χ4v) is 3.13. The molecule has 3 nitrogen and oxygen atoms in total. The van der Waals surface area contributed by atoms with Crippen LogP contribution in [-0.4, -0.2) is 18.1 Å². The molecule has 0 saturated heterocycles. The Kier molecular flexibility index (Phi) is 5.83. The van der Waals surface area contributed by atoms with E-state index in [1.807, 2.05) is 18.3 Å². The van der Waals surface area contributed by atoms with Crippen LogP contribution in [0.3, 0.4) is 0 Å². The number of halogens is 1. The molecule has 0 amide bonds. The Balaban J connectivity index is 2.24. The van der Waals surface area contributed by atoms with Crippen LogP contribution in [-0.2, 0) is 0 Å². The van der Waals surface area contributed by atoms with Gasteiger partial charge in [0, 0.05) is 11.1 Å². The topological polar surface area (TPSA) is 34.1 Å². The van der Waals surface area contributed by atoms with E-state index >= 15 is 0 Å². The molecule has 0 aliphatic carbocycles. The number of ether oxygens (including phenoxy) is 1. The Bertz CT molecular complexity index is 544. The molecule has 2 heterocycles. The van der Waals surface area contributed by atoms with Crippen LogP contribution in [0.5, 0.6) is 5.75 Å². The van der Waals surface area contributed by atoms with Crippen LogP contribution < -0.4 is 10.1 Å². The Hall–Kier alpha value is -1.10. The van der Waals surface area contributed by atoms with Gasteiger partial charge in [-0.1, -0.05) is 25.4 Å².